The van der Waals surface area contributed by atoms with Crippen molar-refractivity contribution in [2.75, 3.05) is 6.61 Å². The Morgan fingerprint density at radius 1 is 1.50 bits per heavy atom. The number of hydrogen-bond donors (Lipinski definition) is 2. The second kappa shape index (κ2) is 8.96. The summed E-state index contributed by atoms with van der Waals surface area (Å²) in [5.41, 5.74) is 1.02. The third-order valence-corrected chi connectivity index (χ3v) is 2.86. The van der Waals surface area contributed by atoms with E-state index in [0.29, 0.717) is 25.9 Å². The van der Waals surface area contributed by atoms with Crippen LogP contribution in [0.25, 0.3) is 0 Å². The van der Waals surface area contributed by atoms with E-state index >= 15 is 0 Å². The minimum absolute atomic E-state index is 0.0392. The van der Waals surface area contributed by atoms with Crippen molar-refractivity contribution in [3.05, 3.63) is 29.8 Å². The molecule has 1 aromatic carbocycles. The van der Waals surface area contributed by atoms with Crippen LogP contribution in [0.15, 0.2) is 24.3 Å². The molecular formula is C15H21NO4. The minimum Gasteiger partial charge on any atom is -0.494 e. The van der Waals surface area contributed by atoms with Gasteiger partial charge >= 0.3 is 5.97 Å². The molecular weight excluding hydrogens is 258 g/mol. The Kier molecular flexibility index (Phi) is 7.17. The second-order valence-electron chi connectivity index (χ2n) is 4.61. The Morgan fingerprint density at radius 3 is 2.95 bits per heavy atom. The van der Waals surface area contributed by atoms with Crippen molar-refractivity contribution in [2.45, 2.75) is 38.6 Å². The molecule has 1 atom stereocenters. The van der Waals surface area contributed by atoms with Crippen molar-refractivity contribution in [2.24, 2.45) is 0 Å². The number of ether oxygens (including phenoxy) is 1. The molecule has 20 heavy (non-hydrogen) atoms. The highest BCUT2D eigenvalue weighted by atomic mass is 16.5. The number of hydrogen-bond acceptors (Lipinski definition) is 3. The van der Waals surface area contributed by atoms with Crippen LogP contribution in [0.2, 0.25) is 0 Å². The summed E-state index contributed by atoms with van der Waals surface area (Å²) in [4.78, 5) is 21.2. The van der Waals surface area contributed by atoms with E-state index in [1.165, 1.54) is 0 Å². The largest absolute Gasteiger partial charge is 0.494 e. The Morgan fingerprint density at radius 2 is 2.30 bits per heavy atom. The third-order valence-electron chi connectivity index (χ3n) is 2.86. The molecule has 5 nitrogen and oxygen atoms in total. The molecule has 110 valence electrons. The molecule has 1 unspecified atom stereocenters. The number of rotatable bonds is 10. The number of carboxylic acids is 1. The van der Waals surface area contributed by atoms with Crippen LogP contribution in [0, 0.1) is 0 Å². The number of benzene rings is 1. The quantitative estimate of drug-likeness (QED) is 0.642. The summed E-state index contributed by atoms with van der Waals surface area (Å²) in [5.74, 6) is -0.0600. The summed E-state index contributed by atoms with van der Waals surface area (Å²) >= 11 is 0. The predicted molar refractivity (Wildman–Crippen MR) is 75.8 cm³/mol. The monoisotopic (exact) mass is 279 g/mol. The van der Waals surface area contributed by atoms with Gasteiger partial charge in [0.15, 0.2) is 0 Å². The van der Waals surface area contributed by atoms with E-state index in [2.05, 4.69) is 5.32 Å². The fraction of sp³-hybridized carbons (Fsp3) is 0.467. The van der Waals surface area contributed by atoms with Crippen molar-refractivity contribution in [1.29, 1.82) is 0 Å². The van der Waals surface area contributed by atoms with Gasteiger partial charge in [-0.2, -0.15) is 0 Å². The molecule has 0 heterocycles. The average molecular weight is 279 g/mol. The first kappa shape index (κ1) is 16.0. The van der Waals surface area contributed by atoms with Gasteiger partial charge < -0.3 is 15.2 Å². The van der Waals surface area contributed by atoms with E-state index in [9.17, 15) is 9.59 Å². The molecule has 0 aliphatic carbocycles. The van der Waals surface area contributed by atoms with Crippen LogP contribution in [-0.2, 0) is 16.0 Å². The Labute approximate surface area is 118 Å². The fourth-order valence-electron chi connectivity index (χ4n) is 1.90. The van der Waals surface area contributed by atoms with Gasteiger partial charge in [0.25, 0.3) is 0 Å². The summed E-state index contributed by atoms with van der Waals surface area (Å²) in [7, 11) is 0. The summed E-state index contributed by atoms with van der Waals surface area (Å²) < 4.78 is 5.55. The molecule has 0 saturated carbocycles. The summed E-state index contributed by atoms with van der Waals surface area (Å²) in [6.45, 7) is 2.71. The Balaban J connectivity index is 2.62. The van der Waals surface area contributed by atoms with E-state index in [-0.39, 0.29) is 12.5 Å². The molecule has 0 radical (unpaired) electrons. The zero-order chi connectivity index (χ0) is 14.8. The fourth-order valence-corrected chi connectivity index (χ4v) is 1.90. The van der Waals surface area contributed by atoms with E-state index < -0.39 is 5.97 Å². The topological polar surface area (TPSA) is 75.6 Å². The molecule has 0 aliphatic heterocycles. The Hall–Kier alpha value is -2.04. The minimum atomic E-state index is -0.859. The van der Waals surface area contributed by atoms with Crippen LogP contribution in [0.5, 0.6) is 5.75 Å². The SMILES string of the molecule is CCCOc1cccc(CC(CCC(=O)O)NC=O)c1. The maximum atomic E-state index is 10.6. The first-order chi connectivity index (χ1) is 9.65. The predicted octanol–water partition coefficient (Wildman–Crippen LogP) is 2.00. The van der Waals surface area contributed by atoms with Crippen LogP contribution in [0.1, 0.15) is 31.7 Å². The van der Waals surface area contributed by atoms with Gasteiger partial charge in [-0.1, -0.05) is 19.1 Å². The molecule has 0 aromatic heterocycles. The highest BCUT2D eigenvalue weighted by molar-refractivity contribution is 5.66. The molecule has 0 saturated heterocycles. The first-order valence-corrected chi connectivity index (χ1v) is 6.79. The number of aliphatic carboxylic acids is 1. The van der Waals surface area contributed by atoms with Crippen molar-refractivity contribution in [3.8, 4) is 5.75 Å². The summed E-state index contributed by atoms with van der Waals surface area (Å²) in [6, 6.07) is 7.48. The van der Waals surface area contributed by atoms with E-state index in [0.717, 1.165) is 17.7 Å². The Bertz CT molecular complexity index is 434. The van der Waals surface area contributed by atoms with Crippen molar-refractivity contribution in [1.82, 2.24) is 5.32 Å². The van der Waals surface area contributed by atoms with Gasteiger partial charge in [0.2, 0.25) is 6.41 Å². The smallest absolute Gasteiger partial charge is 0.303 e. The number of amides is 1. The zero-order valence-corrected chi connectivity index (χ0v) is 11.7. The molecule has 1 aromatic rings. The maximum Gasteiger partial charge on any atom is 0.303 e. The highest BCUT2D eigenvalue weighted by Gasteiger charge is 2.11. The summed E-state index contributed by atoms with van der Waals surface area (Å²) in [6.07, 6.45) is 2.60. The lowest BCUT2D eigenvalue weighted by atomic mass is 10.0. The van der Waals surface area contributed by atoms with E-state index in [4.69, 9.17) is 9.84 Å². The van der Waals surface area contributed by atoms with E-state index in [1.54, 1.807) is 0 Å². The lowest BCUT2D eigenvalue weighted by Crippen LogP contribution is -2.30. The number of nitrogens with one attached hydrogen (secondary N) is 1. The zero-order valence-electron chi connectivity index (χ0n) is 11.7. The number of carbonyl (C=O) groups excluding carboxylic acids is 1. The first-order valence-electron chi connectivity index (χ1n) is 6.79. The normalized spacial score (nSPS) is 11.7. The van der Waals surface area contributed by atoms with Crippen molar-refractivity contribution < 1.29 is 19.4 Å². The van der Waals surface area contributed by atoms with Gasteiger partial charge in [-0.3, -0.25) is 9.59 Å². The van der Waals surface area contributed by atoms with Gasteiger partial charge in [0.05, 0.1) is 6.61 Å². The van der Waals surface area contributed by atoms with Crippen molar-refractivity contribution in [3.63, 3.8) is 0 Å². The van der Waals surface area contributed by atoms with Gasteiger partial charge in [-0.25, -0.2) is 0 Å². The molecule has 0 spiro atoms. The average Bonchev–Trinajstić information content (AvgIpc) is 2.43. The van der Waals surface area contributed by atoms with Gasteiger partial charge in [-0.15, -0.1) is 0 Å². The lowest BCUT2D eigenvalue weighted by Gasteiger charge is -2.15. The molecule has 0 fully saturated rings. The summed E-state index contributed by atoms with van der Waals surface area (Å²) in [5, 5.41) is 11.4. The van der Waals surface area contributed by atoms with Gasteiger partial charge in [-0.05, 0) is 37.0 Å². The van der Waals surface area contributed by atoms with Crippen molar-refractivity contribution >= 4 is 12.4 Å². The van der Waals surface area contributed by atoms with Crippen LogP contribution in [-0.4, -0.2) is 30.1 Å². The lowest BCUT2D eigenvalue weighted by molar-refractivity contribution is -0.137. The van der Waals surface area contributed by atoms with E-state index in [1.807, 2.05) is 31.2 Å². The van der Waals surface area contributed by atoms with Gasteiger partial charge in [0, 0.05) is 12.5 Å². The molecule has 0 bridgehead atoms. The second-order valence-corrected chi connectivity index (χ2v) is 4.61. The van der Waals surface area contributed by atoms with Crippen LogP contribution in [0.4, 0.5) is 0 Å². The maximum absolute atomic E-state index is 10.6. The molecule has 2 N–H and O–H groups in total. The molecule has 1 amide bonds. The van der Waals surface area contributed by atoms with Crippen LogP contribution < -0.4 is 10.1 Å². The number of carbonyl (C=O) groups is 2. The van der Waals surface area contributed by atoms with Gasteiger partial charge in [0.1, 0.15) is 5.75 Å². The molecule has 0 aliphatic rings. The molecule has 1 rings (SSSR count). The standard InChI is InChI=1S/C15H21NO4/c1-2-8-20-14-5-3-4-12(10-14)9-13(16-11-17)6-7-15(18)19/h3-5,10-11,13H,2,6-9H2,1H3,(H,16,17)(H,18,19). The van der Waals surface area contributed by atoms with Crippen LogP contribution >= 0.6 is 0 Å². The third kappa shape index (κ3) is 6.22. The molecule has 5 heteroatoms. The number of carboxylic acid groups (broad SMARTS) is 1. The highest BCUT2D eigenvalue weighted by Crippen LogP contribution is 2.16. The van der Waals surface area contributed by atoms with Crippen LogP contribution in [0.3, 0.4) is 0 Å².